The summed E-state index contributed by atoms with van der Waals surface area (Å²) in [5.41, 5.74) is 4.37. The maximum Gasteiger partial charge on any atom is 0.250 e. The van der Waals surface area contributed by atoms with E-state index in [9.17, 15) is 4.79 Å². The molecule has 0 saturated heterocycles. The molecule has 18 heavy (non-hydrogen) atoms. The van der Waals surface area contributed by atoms with Crippen LogP contribution in [0.1, 0.15) is 31.9 Å². The molecule has 0 unspecified atom stereocenters. The lowest BCUT2D eigenvalue weighted by molar-refractivity contribution is 0.590. The van der Waals surface area contributed by atoms with Crippen LogP contribution >= 0.6 is 0 Å². The zero-order valence-electron chi connectivity index (χ0n) is 11.4. The van der Waals surface area contributed by atoms with Gasteiger partial charge < -0.3 is 4.98 Å². The molecule has 0 aliphatic rings. The van der Waals surface area contributed by atoms with E-state index in [4.69, 9.17) is 0 Å². The van der Waals surface area contributed by atoms with Gasteiger partial charge in [-0.25, -0.2) is 0 Å². The van der Waals surface area contributed by atoms with Gasteiger partial charge in [-0.05, 0) is 35.1 Å². The quantitative estimate of drug-likeness (QED) is 0.812. The Labute approximate surface area is 108 Å². The molecule has 1 aromatic heterocycles. The average Bonchev–Trinajstić information content (AvgIpc) is 2.32. The molecule has 0 spiro atoms. The normalized spacial score (nSPS) is 11.6. The van der Waals surface area contributed by atoms with Gasteiger partial charge in [-0.2, -0.15) is 0 Å². The Kier molecular flexibility index (Phi) is 3.12. The van der Waals surface area contributed by atoms with Crippen LogP contribution in [0.4, 0.5) is 0 Å². The number of benzene rings is 1. The van der Waals surface area contributed by atoms with Crippen molar-refractivity contribution in [3.8, 4) is 11.1 Å². The Hall–Kier alpha value is -1.83. The SMILES string of the molecule is Cc1cc(-c2ccc(C(C)(C)C)cc2)c[nH]c1=O. The molecule has 1 aromatic carbocycles. The van der Waals surface area contributed by atoms with Crippen LogP contribution in [0.15, 0.2) is 41.3 Å². The molecule has 1 heterocycles. The van der Waals surface area contributed by atoms with Gasteiger partial charge in [0, 0.05) is 11.8 Å². The maximum atomic E-state index is 11.3. The van der Waals surface area contributed by atoms with E-state index in [1.807, 2.05) is 13.0 Å². The molecule has 0 saturated carbocycles. The van der Waals surface area contributed by atoms with E-state index in [-0.39, 0.29) is 11.0 Å². The molecule has 0 bridgehead atoms. The van der Waals surface area contributed by atoms with Crippen LogP contribution in [-0.2, 0) is 5.41 Å². The van der Waals surface area contributed by atoms with Crippen LogP contribution in [0.5, 0.6) is 0 Å². The molecule has 1 N–H and O–H groups in total. The fourth-order valence-electron chi connectivity index (χ4n) is 1.93. The van der Waals surface area contributed by atoms with Crippen molar-refractivity contribution >= 4 is 0 Å². The number of rotatable bonds is 1. The molecule has 0 aliphatic carbocycles. The fraction of sp³-hybridized carbons (Fsp3) is 0.312. The second kappa shape index (κ2) is 4.45. The van der Waals surface area contributed by atoms with Gasteiger partial charge in [0.15, 0.2) is 0 Å². The van der Waals surface area contributed by atoms with Crippen LogP contribution in [0.3, 0.4) is 0 Å². The highest BCUT2D eigenvalue weighted by molar-refractivity contribution is 5.63. The predicted octanol–water partition coefficient (Wildman–Crippen LogP) is 3.65. The lowest BCUT2D eigenvalue weighted by atomic mass is 9.86. The standard InChI is InChI=1S/C16H19NO/c1-11-9-13(10-17-15(11)18)12-5-7-14(8-6-12)16(2,3)4/h5-10H,1-4H3,(H,17,18). The Morgan fingerprint density at radius 2 is 1.61 bits per heavy atom. The van der Waals surface area contributed by atoms with Crippen molar-refractivity contribution in [3.05, 3.63) is 58.0 Å². The number of hydrogen-bond donors (Lipinski definition) is 1. The van der Waals surface area contributed by atoms with E-state index in [1.54, 1.807) is 6.20 Å². The molecule has 0 atom stereocenters. The van der Waals surface area contributed by atoms with Crippen LogP contribution in [0.2, 0.25) is 0 Å². The number of pyridine rings is 1. The lowest BCUT2D eigenvalue weighted by Gasteiger charge is -2.19. The van der Waals surface area contributed by atoms with E-state index in [0.29, 0.717) is 0 Å². The van der Waals surface area contributed by atoms with Crippen LogP contribution in [0.25, 0.3) is 11.1 Å². The van der Waals surface area contributed by atoms with Crippen LogP contribution < -0.4 is 5.56 Å². The zero-order chi connectivity index (χ0) is 13.3. The number of nitrogens with one attached hydrogen (secondary N) is 1. The van der Waals surface area contributed by atoms with Gasteiger partial charge in [0.05, 0.1) is 0 Å². The van der Waals surface area contributed by atoms with Crippen molar-refractivity contribution in [3.63, 3.8) is 0 Å². The monoisotopic (exact) mass is 241 g/mol. The van der Waals surface area contributed by atoms with E-state index in [0.717, 1.165) is 16.7 Å². The van der Waals surface area contributed by atoms with Crippen molar-refractivity contribution in [2.45, 2.75) is 33.1 Å². The fourth-order valence-corrected chi connectivity index (χ4v) is 1.93. The third-order valence-corrected chi connectivity index (χ3v) is 3.17. The minimum Gasteiger partial charge on any atom is -0.328 e. The number of hydrogen-bond acceptors (Lipinski definition) is 1. The number of aromatic amines is 1. The lowest BCUT2D eigenvalue weighted by Crippen LogP contribution is -2.10. The van der Waals surface area contributed by atoms with Crippen molar-refractivity contribution in [2.24, 2.45) is 0 Å². The van der Waals surface area contributed by atoms with Gasteiger partial charge in [0.25, 0.3) is 5.56 Å². The third kappa shape index (κ3) is 2.53. The molecule has 2 rings (SSSR count). The second-order valence-corrected chi connectivity index (χ2v) is 5.73. The first kappa shape index (κ1) is 12.6. The summed E-state index contributed by atoms with van der Waals surface area (Å²) in [6, 6.07) is 10.4. The van der Waals surface area contributed by atoms with Crippen molar-refractivity contribution in [2.75, 3.05) is 0 Å². The first-order valence-corrected chi connectivity index (χ1v) is 6.18. The molecular formula is C16H19NO. The van der Waals surface area contributed by atoms with Gasteiger partial charge in [-0.15, -0.1) is 0 Å². The predicted molar refractivity (Wildman–Crippen MR) is 75.9 cm³/mol. The highest BCUT2D eigenvalue weighted by Gasteiger charge is 2.13. The minimum atomic E-state index is -0.0231. The Balaban J connectivity index is 2.40. The summed E-state index contributed by atoms with van der Waals surface area (Å²) in [5, 5.41) is 0. The molecule has 0 fully saturated rings. The van der Waals surface area contributed by atoms with Gasteiger partial charge in [-0.3, -0.25) is 4.79 Å². The first-order chi connectivity index (χ1) is 8.38. The topological polar surface area (TPSA) is 32.9 Å². The van der Waals surface area contributed by atoms with E-state index >= 15 is 0 Å². The van der Waals surface area contributed by atoms with E-state index in [1.165, 1.54) is 5.56 Å². The van der Waals surface area contributed by atoms with Gasteiger partial charge in [-0.1, -0.05) is 45.0 Å². The summed E-state index contributed by atoms with van der Waals surface area (Å²) >= 11 is 0. The number of H-pyrrole nitrogens is 1. The minimum absolute atomic E-state index is 0.0231. The van der Waals surface area contributed by atoms with Crippen LogP contribution in [0, 0.1) is 6.92 Å². The molecule has 0 amide bonds. The molecular weight excluding hydrogens is 222 g/mol. The first-order valence-electron chi connectivity index (χ1n) is 6.18. The van der Waals surface area contributed by atoms with Gasteiger partial charge >= 0.3 is 0 Å². The van der Waals surface area contributed by atoms with Gasteiger partial charge in [0.2, 0.25) is 0 Å². The maximum absolute atomic E-state index is 11.3. The molecule has 94 valence electrons. The van der Waals surface area contributed by atoms with E-state index < -0.39 is 0 Å². The Morgan fingerprint density at radius 3 is 2.11 bits per heavy atom. The Morgan fingerprint density at radius 1 is 1.00 bits per heavy atom. The highest BCUT2D eigenvalue weighted by Crippen LogP contribution is 2.25. The summed E-state index contributed by atoms with van der Waals surface area (Å²) in [6.07, 6.45) is 1.77. The molecule has 2 aromatic rings. The highest BCUT2D eigenvalue weighted by atomic mass is 16.1. The summed E-state index contributed by atoms with van der Waals surface area (Å²) in [7, 11) is 0. The summed E-state index contributed by atoms with van der Waals surface area (Å²) in [6.45, 7) is 8.43. The molecule has 0 radical (unpaired) electrons. The van der Waals surface area contributed by atoms with Crippen molar-refractivity contribution in [1.29, 1.82) is 0 Å². The smallest absolute Gasteiger partial charge is 0.250 e. The summed E-state index contributed by atoms with van der Waals surface area (Å²) in [4.78, 5) is 14.1. The third-order valence-electron chi connectivity index (χ3n) is 3.17. The van der Waals surface area contributed by atoms with Crippen LogP contribution in [-0.4, -0.2) is 4.98 Å². The average molecular weight is 241 g/mol. The number of aryl methyl sites for hydroxylation is 1. The number of aromatic nitrogens is 1. The largest absolute Gasteiger partial charge is 0.328 e. The molecule has 0 aliphatic heterocycles. The van der Waals surface area contributed by atoms with E-state index in [2.05, 4.69) is 50.0 Å². The molecule has 2 nitrogen and oxygen atoms in total. The molecule has 2 heteroatoms. The summed E-state index contributed by atoms with van der Waals surface area (Å²) in [5.74, 6) is 0. The Bertz CT molecular complexity index is 600. The second-order valence-electron chi connectivity index (χ2n) is 5.73. The summed E-state index contributed by atoms with van der Waals surface area (Å²) < 4.78 is 0. The van der Waals surface area contributed by atoms with Crippen molar-refractivity contribution < 1.29 is 0 Å². The van der Waals surface area contributed by atoms with Gasteiger partial charge in [0.1, 0.15) is 0 Å². The zero-order valence-corrected chi connectivity index (χ0v) is 11.4. The van der Waals surface area contributed by atoms with Crippen molar-refractivity contribution in [1.82, 2.24) is 4.98 Å².